The highest BCUT2D eigenvalue weighted by Gasteiger charge is 2.21. The van der Waals surface area contributed by atoms with Gasteiger partial charge in [-0.15, -0.1) is 0 Å². The van der Waals surface area contributed by atoms with Crippen LogP contribution in [0.3, 0.4) is 0 Å². The number of rotatable bonds is 8. The second kappa shape index (κ2) is 8.68. The van der Waals surface area contributed by atoms with Crippen molar-refractivity contribution in [1.29, 1.82) is 0 Å². The van der Waals surface area contributed by atoms with Crippen molar-refractivity contribution in [3.63, 3.8) is 0 Å². The molecular weight excluding hydrogens is 258 g/mol. The molecule has 0 aromatic rings. The predicted octanol–water partition coefficient (Wildman–Crippen LogP) is 0.173. The molecule has 0 aliphatic rings. The second-order valence-corrected chi connectivity index (χ2v) is 5.79. The molecule has 0 saturated heterocycles. The molecule has 1 unspecified atom stereocenters. The van der Waals surface area contributed by atoms with Gasteiger partial charge >= 0.3 is 0 Å². The Kier molecular flexibility index (Phi) is 8.06. The Bertz CT molecular complexity index is 354. The van der Waals surface area contributed by atoms with Gasteiger partial charge in [-0.05, 0) is 33.7 Å². The molecule has 0 radical (unpaired) electrons. The fourth-order valence-electron chi connectivity index (χ4n) is 1.87. The standard InChI is InChI=1S/C14H27N3O3/c1-9(2)14(11(5)18)16-13(20)8-17(6)7-12(19)15-10(3)4/h9-10,14H,7-8H2,1-6H3,(H,15,19)(H,16,20). The topological polar surface area (TPSA) is 78.5 Å². The van der Waals surface area contributed by atoms with Crippen molar-refractivity contribution in [2.45, 2.75) is 46.7 Å². The molecule has 6 heteroatoms. The number of likely N-dealkylation sites (N-methyl/N-ethyl adjacent to an activating group) is 1. The number of nitrogens with one attached hydrogen (secondary N) is 2. The van der Waals surface area contributed by atoms with Gasteiger partial charge in [-0.3, -0.25) is 19.3 Å². The van der Waals surface area contributed by atoms with Crippen molar-refractivity contribution in [2.75, 3.05) is 20.1 Å². The summed E-state index contributed by atoms with van der Waals surface area (Å²) in [6.07, 6.45) is 0. The summed E-state index contributed by atoms with van der Waals surface area (Å²) >= 11 is 0. The molecule has 2 N–H and O–H groups in total. The highest BCUT2D eigenvalue weighted by molar-refractivity contribution is 5.88. The lowest BCUT2D eigenvalue weighted by atomic mass is 10.0. The van der Waals surface area contributed by atoms with Crippen LogP contribution in [0.15, 0.2) is 0 Å². The Balaban J connectivity index is 4.25. The van der Waals surface area contributed by atoms with Gasteiger partial charge < -0.3 is 10.6 Å². The van der Waals surface area contributed by atoms with Gasteiger partial charge in [0.15, 0.2) is 5.78 Å². The van der Waals surface area contributed by atoms with Crippen molar-refractivity contribution in [3.8, 4) is 0 Å². The maximum atomic E-state index is 11.8. The van der Waals surface area contributed by atoms with E-state index in [2.05, 4.69) is 10.6 Å². The highest BCUT2D eigenvalue weighted by atomic mass is 16.2. The van der Waals surface area contributed by atoms with Gasteiger partial charge in [-0.1, -0.05) is 13.8 Å². The van der Waals surface area contributed by atoms with Gasteiger partial charge in [0, 0.05) is 6.04 Å². The monoisotopic (exact) mass is 285 g/mol. The van der Waals surface area contributed by atoms with Crippen LogP contribution in [-0.2, 0) is 14.4 Å². The molecule has 0 aromatic heterocycles. The summed E-state index contributed by atoms with van der Waals surface area (Å²) < 4.78 is 0. The van der Waals surface area contributed by atoms with Crippen molar-refractivity contribution < 1.29 is 14.4 Å². The minimum Gasteiger partial charge on any atom is -0.353 e. The van der Waals surface area contributed by atoms with Crippen molar-refractivity contribution in [2.24, 2.45) is 5.92 Å². The van der Waals surface area contributed by atoms with E-state index in [0.29, 0.717) is 0 Å². The number of nitrogens with zero attached hydrogens (tertiary/aromatic N) is 1. The highest BCUT2D eigenvalue weighted by Crippen LogP contribution is 2.02. The van der Waals surface area contributed by atoms with Crippen molar-refractivity contribution >= 4 is 17.6 Å². The van der Waals surface area contributed by atoms with E-state index in [-0.39, 0.29) is 42.6 Å². The number of carbonyl (C=O) groups excluding carboxylic acids is 3. The molecule has 0 bridgehead atoms. The van der Waals surface area contributed by atoms with E-state index in [1.54, 1.807) is 11.9 Å². The van der Waals surface area contributed by atoms with Gasteiger partial charge in [0.05, 0.1) is 19.1 Å². The van der Waals surface area contributed by atoms with Gasteiger partial charge in [0.25, 0.3) is 0 Å². The molecule has 0 aliphatic carbocycles. The van der Waals surface area contributed by atoms with E-state index >= 15 is 0 Å². The second-order valence-electron chi connectivity index (χ2n) is 5.79. The lowest BCUT2D eigenvalue weighted by Gasteiger charge is -2.22. The van der Waals surface area contributed by atoms with E-state index in [4.69, 9.17) is 0 Å². The smallest absolute Gasteiger partial charge is 0.234 e. The number of Topliss-reactive ketones (excluding diaryl/α,β-unsaturated/α-hetero) is 1. The summed E-state index contributed by atoms with van der Waals surface area (Å²) in [7, 11) is 1.69. The molecular formula is C14H27N3O3. The number of amides is 2. The maximum Gasteiger partial charge on any atom is 0.234 e. The molecule has 2 amide bonds. The van der Waals surface area contributed by atoms with Gasteiger partial charge in [0.1, 0.15) is 0 Å². The molecule has 6 nitrogen and oxygen atoms in total. The van der Waals surface area contributed by atoms with Gasteiger partial charge in [-0.25, -0.2) is 0 Å². The lowest BCUT2D eigenvalue weighted by molar-refractivity contribution is -0.129. The Morgan fingerprint density at radius 1 is 0.950 bits per heavy atom. The van der Waals surface area contributed by atoms with Crippen LogP contribution in [0, 0.1) is 5.92 Å². The van der Waals surface area contributed by atoms with Crippen LogP contribution in [0.1, 0.15) is 34.6 Å². The van der Waals surface area contributed by atoms with Crippen LogP contribution >= 0.6 is 0 Å². The van der Waals surface area contributed by atoms with Crippen molar-refractivity contribution in [3.05, 3.63) is 0 Å². The van der Waals surface area contributed by atoms with E-state index in [1.165, 1.54) is 6.92 Å². The predicted molar refractivity (Wildman–Crippen MR) is 78.2 cm³/mol. The average molecular weight is 285 g/mol. The number of hydrogen-bond acceptors (Lipinski definition) is 4. The van der Waals surface area contributed by atoms with Gasteiger partial charge in [-0.2, -0.15) is 0 Å². The Morgan fingerprint density at radius 3 is 1.75 bits per heavy atom. The summed E-state index contributed by atoms with van der Waals surface area (Å²) in [5.41, 5.74) is 0. The zero-order valence-corrected chi connectivity index (χ0v) is 13.3. The van der Waals surface area contributed by atoms with Crippen LogP contribution < -0.4 is 10.6 Å². The van der Waals surface area contributed by atoms with Crippen LogP contribution in [0.25, 0.3) is 0 Å². The third-order valence-corrected chi connectivity index (χ3v) is 2.70. The first-order valence-electron chi connectivity index (χ1n) is 6.91. The SMILES string of the molecule is CC(=O)C(NC(=O)CN(C)CC(=O)NC(C)C)C(C)C. The van der Waals surface area contributed by atoms with Crippen LogP contribution in [0.2, 0.25) is 0 Å². The fourth-order valence-corrected chi connectivity index (χ4v) is 1.87. The van der Waals surface area contributed by atoms with Crippen LogP contribution in [-0.4, -0.2) is 54.7 Å². The Labute approximate surface area is 121 Å². The summed E-state index contributed by atoms with van der Waals surface area (Å²) in [4.78, 5) is 36.4. The summed E-state index contributed by atoms with van der Waals surface area (Å²) in [6.45, 7) is 9.22. The third-order valence-electron chi connectivity index (χ3n) is 2.70. The fraction of sp³-hybridized carbons (Fsp3) is 0.786. The third kappa shape index (κ3) is 7.89. The molecule has 116 valence electrons. The molecule has 0 saturated carbocycles. The first kappa shape index (κ1) is 18.6. The summed E-state index contributed by atoms with van der Waals surface area (Å²) in [5.74, 6) is -0.388. The quantitative estimate of drug-likeness (QED) is 0.666. The first-order chi connectivity index (χ1) is 9.13. The summed E-state index contributed by atoms with van der Waals surface area (Å²) in [5, 5.41) is 5.46. The molecule has 0 fully saturated rings. The largest absolute Gasteiger partial charge is 0.353 e. The lowest BCUT2D eigenvalue weighted by Crippen LogP contribution is -2.48. The van der Waals surface area contributed by atoms with E-state index in [1.807, 2.05) is 27.7 Å². The minimum atomic E-state index is -0.472. The maximum absolute atomic E-state index is 11.8. The molecule has 0 spiro atoms. The number of hydrogen-bond donors (Lipinski definition) is 2. The van der Waals surface area contributed by atoms with E-state index in [0.717, 1.165) is 0 Å². The van der Waals surface area contributed by atoms with Crippen LogP contribution in [0.4, 0.5) is 0 Å². The molecule has 0 aromatic carbocycles. The van der Waals surface area contributed by atoms with E-state index < -0.39 is 6.04 Å². The molecule has 0 rings (SSSR count). The molecule has 20 heavy (non-hydrogen) atoms. The van der Waals surface area contributed by atoms with Crippen LogP contribution in [0.5, 0.6) is 0 Å². The normalized spacial score (nSPS) is 12.7. The number of carbonyl (C=O) groups is 3. The Hall–Kier alpha value is -1.43. The van der Waals surface area contributed by atoms with Crippen molar-refractivity contribution in [1.82, 2.24) is 15.5 Å². The summed E-state index contributed by atoms with van der Waals surface area (Å²) in [6, 6.07) is -0.395. The number of ketones is 1. The molecule has 0 heterocycles. The zero-order chi connectivity index (χ0) is 15.9. The molecule has 1 atom stereocenters. The minimum absolute atomic E-state index is 0.0472. The van der Waals surface area contributed by atoms with E-state index in [9.17, 15) is 14.4 Å². The first-order valence-corrected chi connectivity index (χ1v) is 6.91. The molecule has 0 aliphatic heterocycles. The Morgan fingerprint density at radius 2 is 1.40 bits per heavy atom. The zero-order valence-electron chi connectivity index (χ0n) is 13.3. The van der Waals surface area contributed by atoms with Gasteiger partial charge in [0.2, 0.25) is 11.8 Å². The average Bonchev–Trinajstić information content (AvgIpc) is 2.22.